The molecule has 0 aliphatic heterocycles. The number of nitrogens with two attached hydrogens (primary N) is 1. The van der Waals surface area contributed by atoms with E-state index in [1.54, 1.807) is 6.07 Å². The van der Waals surface area contributed by atoms with Gasteiger partial charge < -0.3 is 15.8 Å². The van der Waals surface area contributed by atoms with Gasteiger partial charge in [0.2, 0.25) is 0 Å². The number of amides is 1. The Morgan fingerprint density at radius 2 is 2.00 bits per heavy atom. The number of hydrogen-bond donors (Lipinski definition) is 2. The number of benzene rings is 1. The molecule has 4 heteroatoms. The number of nitrogens with one attached hydrogen (secondary N) is 1. The highest BCUT2D eigenvalue weighted by Crippen LogP contribution is 2.10. The van der Waals surface area contributed by atoms with Crippen molar-refractivity contribution in [3.63, 3.8) is 0 Å². The van der Waals surface area contributed by atoms with E-state index in [0.29, 0.717) is 24.4 Å². The second-order valence-electron chi connectivity index (χ2n) is 4.71. The van der Waals surface area contributed by atoms with Crippen molar-refractivity contribution in [1.29, 1.82) is 0 Å². The number of nitrogen functional groups attached to an aromatic ring is 1. The van der Waals surface area contributed by atoms with Crippen LogP contribution in [0.4, 0.5) is 5.69 Å². The molecule has 3 N–H and O–H groups in total. The number of rotatable bonds is 8. The summed E-state index contributed by atoms with van der Waals surface area (Å²) in [6.07, 6.45) is 3.07. The first-order valence-electron chi connectivity index (χ1n) is 6.86. The highest BCUT2D eigenvalue weighted by Gasteiger charge is 2.05. The lowest BCUT2D eigenvalue weighted by molar-refractivity contribution is 0.0940. The molecule has 0 saturated carbocycles. The fourth-order valence-electron chi connectivity index (χ4n) is 1.77. The van der Waals surface area contributed by atoms with Crippen LogP contribution in [0.15, 0.2) is 18.2 Å². The first kappa shape index (κ1) is 15.5. The summed E-state index contributed by atoms with van der Waals surface area (Å²) in [5.41, 5.74) is 7.95. The summed E-state index contributed by atoms with van der Waals surface area (Å²) in [4.78, 5) is 11.9. The fourth-order valence-corrected chi connectivity index (χ4v) is 1.77. The third kappa shape index (κ3) is 6.25. The standard InChI is InChI=1S/C15H24N2O2/c1-3-4-7-19-8-5-6-17-15(18)13-9-12(2)10-14(16)11-13/h9-11H,3-8,16H2,1-2H3,(H,17,18). The summed E-state index contributed by atoms with van der Waals surface area (Å²) in [6, 6.07) is 5.38. The molecule has 0 spiro atoms. The normalized spacial score (nSPS) is 10.4. The lowest BCUT2D eigenvalue weighted by Crippen LogP contribution is -2.25. The van der Waals surface area contributed by atoms with E-state index in [1.165, 1.54) is 0 Å². The minimum atomic E-state index is -0.0797. The lowest BCUT2D eigenvalue weighted by Gasteiger charge is -2.07. The zero-order valence-electron chi connectivity index (χ0n) is 11.9. The van der Waals surface area contributed by atoms with E-state index in [4.69, 9.17) is 10.5 Å². The number of unbranched alkanes of at least 4 members (excludes halogenated alkanes) is 1. The minimum Gasteiger partial charge on any atom is -0.399 e. The lowest BCUT2D eigenvalue weighted by atomic mass is 10.1. The summed E-state index contributed by atoms with van der Waals surface area (Å²) >= 11 is 0. The van der Waals surface area contributed by atoms with Gasteiger partial charge in [0, 0.05) is 31.0 Å². The molecule has 19 heavy (non-hydrogen) atoms. The van der Waals surface area contributed by atoms with Gasteiger partial charge in [0.1, 0.15) is 0 Å². The van der Waals surface area contributed by atoms with Crippen LogP contribution in [0.5, 0.6) is 0 Å². The maximum absolute atomic E-state index is 11.9. The Balaban J connectivity index is 2.24. The molecule has 0 fully saturated rings. The summed E-state index contributed by atoms with van der Waals surface area (Å²) in [6.45, 7) is 6.18. The molecule has 0 saturated heterocycles. The van der Waals surface area contributed by atoms with Gasteiger partial charge in [-0.15, -0.1) is 0 Å². The van der Waals surface area contributed by atoms with Gasteiger partial charge in [0.15, 0.2) is 0 Å². The van der Waals surface area contributed by atoms with Gasteiger partial charge >= 0.3 is 0 Å². The number of carbonyl (C=O) groups excluding carboxylic acids is 1. The molecule has 0 aromatic heterocycles. The van der Waals surface area contributed by atoms with Crippen LogP contribution < -0.4 is 11.1 Å². The molecule has 106 valence electrons. The summed E-state index contributed by atoms with van der Waals surface area (Å²) in [7, 11) is 0. The van der Waals surface area contributed by atoms with Crippen LogP contribution in [0.1, 0.15) is 42.1 Å². The molecule has 4 nitrogen and oxygen atoms in total. The van der Waals surface area contributed by atoms with Gasteiger partial charge in [-0.25, -0.2) is 0 Å². The summed E-state index contributed by atoms with van der Waals surface area (Å²) in [5.74, 6) is -0.0797. The van der Waals surface area contributed by atoms with Gasteiger partial charge in [-0.05, 0) is 43.5 Å². The Morgan fingerprint density at radius 1 is 1.26 bits per heavy atom. The quantitative estimate of drug-likeness (QED) is 0.560. The molecule has 0 aliphatic carbocycles. The van der Waals surface area contributed by atoms with Crippen molar-refractivity contribution in [3.05, 3.63) is 29.3 Å². The zero-order chi connectivity index (χ0) is 14.1. The third-order valence-electron chi connectivity index (χ3n) is 2.76. The van der Waals surface area contributed by atoms with E-state index in [1.807, 2.05) is 19.1 Å². The molecule has 1 rings (SSSR count). The Labute approximate surface area is 115 Å². The fraction of sp³-hybridized carbons (Fsp3) is 0.533. The third-order valence-corrected chi connectivity index (χ3v) is 2.76. The molecule has 0 heterocycles. The first-order valence-corrected chi connectivity index (χ1v) is 6.86. The Kier molecular flexibility index (Phi) is 6.97. The van der Waals surface area contributed by atoms with Crippen LogP contribution in [0.25, 0.3) is 0 Å². The van der Waals surface area contributed by atoms with Gasteiger partial charge in [-0.2, -0.15) is 0 Å². The molecule has 0 atom stereocenters. The van der Waals surface area contributed by atoms with Crippen LogP contribution >= 0.6 is 0 Å². The van der Waals surface area contributed by atoms with E-state index in [2.05, 4.69) is 12.2 Å². The minimum absolute atomic E-state index is 0.0797. The van der Waals surface area contributed by atoms with Crippen LogP contribution in [-0.4, -0.2) is 25.7 Å². The maximum Gasteiger partial charge on any atom is 0.251 e. The van der Waals surface area contributed by atoms with E-state index in [0.717, 1.165) is 31.4 Å². The van der Waals surface area contributed by atoms with E-state index in [-0.39, 0.29) is 5.91 Å². The molecule has 0 unspecified atom stereocenters. The van der Waals surface area contributed by atoms with Crippen molar-refractivity contribution < 1.29 is 9.53 Å². The molecule has 1 amide bonds. The van der Waals surface area contributed by atoms with E-state index >= 15 is 0 Å². The van der Waals surface area contributed by atoms with E-state index < -0.39 is 0 Å². The van der Waals surface area contributed by atoms with Crippen LogP contribution in [0.2, 0.25) is 0 Å². The van der Waals surface area contributed by atoms with Crippen molar-refractivity contribution in [2.24, 2.45) is 0 Å². The number of anilines is 1. The second kappa shape index (κ2) is 8.53. The number of hydrogen-bond acceptors (Lipinski definition) is 3. The summed E-state index contributed by atoms with van der Waals surface area (Å²) < 4.78 is 5.43. The predicted molar refractivity (Wildman–Crippen MR) is 78.3 cm³/mol. The number of aryl methyl sites for hydroxylation is 1. The van der Waals surface area contributed by atoms with Crippen molar-refractivity contribution >= 4 is 11.6 Å². The highest BCUT2D eigenvalue weighted by atomic mass is 16.5. The molecular formula is C15H24N2O2. The van der Waals surface area contributed by atoms with Crippen molar-refractivity contribution in [1.82, 2.24) is 5.32 Å². The average Bonchev–Trinajstić information content (AvgIpc) is 2.36. The number of ether oxygens (including phenoxy) is 1. The molecule has 1 aromatic rings. The van der Waals surface area contributed by atoms with Crippen LogP contribution in [0.3, 0.4) is 0 Å². The SMILES string of the molecule is CCCCOCCCNC(=O)c1cc(C)cc(N)c1. The zero-order valence-corrected chi connectivity index (χ0v) is 11.9. The van der Waals surface area contributed by atoms with Crippen molar-refractivity contribution in [2.45, 2.75) is 33.1 Å². The highest BCUT2D eigenvalue weighted by molar-refractivity contribution is 5.95. The Bertz CT molecular complexity index is 385. The molecular weight excluding hydrogens is 240 g/mol. The Hall–Kier alpha value is -1.55. The predicted octanol–water partition coefficient (Wildman–Crippen LogP) is 2.51. The second-order valence-corrected chi connectivity index (χ2v) is 4.71. The van der Waals surface area contributed by atoms with Crippen LogP contribution in [0, 0.1) is 6.92 Å². The van der Waals surface area contributed by atoms with Crippen molar-refractivity contribution in [3.8, 4) is 0 Å². The van der Waals surface area contributed by atoms with Crippen molar-refractivity contribution in [2.75, 3.05) is 25.5 Å². The molecule has 1 aromatic carbocycles. The topological polar surface area (TPSA) is 64.3 Å². The Morgan fingerprint density at radius 3 is 2.68 bits per heavy atom. The molecule has 0 radical (unpaired) electrons. The molecule has 0 bridgehead atoms. The smallest absolute Gasteiger partial charge is 0.251 e. The first-order chi connectivity index (χ1) is 9.13. The average molecular weight is 264 g/mol. The molecule has 0 aliphatic rings. The van der Waals surface area contributed by atoms with Gasteiger partial charge in [0.25, 0.3) is 5.91 Å². The van der Waals surface area contributed by atoms with Gasteiger partial charge in [-0.1, -0.05) is 13.3 Å². The monoisotopic (exact) mass is 264 g/mol. The van der Waals surface area contributed by atoms with Gasteiger partial charge in [0.05, 0.1) is 0 Å². The maximum atomic E-state index is 11.9. The van der Waals surface area contributed by atoms with Crippen LogP contribution in [-0.2, 0) is 4.74 Å². The van der Waals surface area contributed by atoms with E-state index in [9.17, 15) is 4.79 Å². The largest absolute Gasteiger partial charge is 0.399 e. The van der Waals surface area contributed by atoms with Gasteiger partial charge in [-0.3, -0.25) is 4.79 Å². The number of carbonyl (C=O) groups is 1. The summed E-state index contributed by atoms with van der Waals surface area (Å²) in [5, 5.41) is 2.87.